The Kier molecular flexibility index (Phi) is 6.44. The zero-order valence-electron chi connectivity index (χ0n) is 16.6. The fraction of sp³-hybridized carbons (Fsp3) is 0.381. The van der Waals surface area contributed by atoms with E-state index in [2.05, 4.69) is 26.1 Å². The van der Waals surface area contributed by atoms with Crippen molar-refractivity contribution in [1.82, 2.24) is 4.31 Å². The van der Waals surface area contributed by atoms with Gasteiger partial charge in [-0.15, -0.1) is 0 Å². The van der Waals surface area contributed by atoms with Gasteiger partial charge in [-0.1, -0.05) is 69.3 Å². The highest BCUT2D eigenvalue weighted by Crippen LogP contribution is 2.29. The normalized spacial score (nSPS) is 13.4. The van der Waals surface area contributed by atoms with Crippen LogP contribution in [-0.4, -0.2) is 31.4 Å². The SMILES string of the molecule is CC(c1ccccc1)N(CC(=O)Nc1ccccc1C(C)(C)C)S(C)(=O)=O. The summed E-state index contributed by atoms with van der Waals surface area (Å²) in [6.07, 6.45) is 1.13. The third kappa shape index (κ3) is 5.65. The van der Waals surface area contributed by atoms with Crippen LogP contribution in [0.15, 0.2) is 54.6 Å². The number of sulfonamides is 1. The Balaban J connectivity index is 2.24. The fourth-order valence-electron chi connectivity index (χ4n) is 3.02. The lowest BCUT2D eigenvalue weighted by Gasteiger charge is -2.27. The van der Waals surface area contributed by atoms with Crippen molar-refractivity contribution in [1.29, 1.82) is 0 Å². The second-order valence-electron chi connectivity index (χ2n) is 7.74. The minimum Gasteiger partial charge on any atom is -0.325 e. The van der Waals surface area contributed by atoms with Crippen LogP contribution in [0.5, 0.6) is 0 Å². The van der Waals surface area contributed by atoms with Crippen LogP contribution >= 0.6 is 0 Å². The molecule has 27 heavy (non-hydrogen) atoms. The summed E-state index contributed by atoms with van der Waals surface area (Å²) in [6, 6.07) is 16.4. The highest BCUT2D eigenvalue weighted by Gasteiger charge is 2.27. The molecule has 0 fully saturated rings. The summed E-state index contributed by atoms with van der Waals surface area (Å²) in [5, 5.41) is 2.88. The minimum atomic E-state index is -3.57. The van der Waals surface area contributed by atoms with Crippen LogP contribution in [0, 0.1) is 0 Å². The number of nitrogens with one attached hydrogen (secondary N) is 1. The van der Waals surface area contributed by atoms with E-state index < -0.39 is 16.1 Å². The molecule has 6 heteroatoms. The molecule has 1 amide bonds. The highest BCUT2D eigenvalue weighted by atomic mass is 32.2. The first kappa shape index (κ1) is 21.1. The van der Waals surface area contributed by atoms with Gasteiger partial charge in [0.05, 0.1) is 12.8 Å². The number of carbonyl (C=O) groups is 1. The predicted octanol–water partition coefficient (Wildman–Crippen LogP) is 3.95. The molecule has 0 saturated carbocycles. The van der Waals surface area contributed by atoms with E-state index in [4.69, 9.17) is 0 Å². The number of rotatable bonds is 6. The lowest BCUT2D eigenvalue weighted by molar-refractivity contribution is -0.116. The number of amides is 1. The summed E-state index contributed by atoms with van der Waals surface area (Å²) in [5.74, 6) is -0.361. The van der Waals surface area contributed by atoms with Gasteiger partial charge in [0.1, 0.15) is 0 Å². The van der Waals surface area contributed by atoms with Gasteiger partial charge in [0.2, 0.25) is 15.9 Å². The van der Waals surface area contributed by atoms with Crippen molar-refractivity contribution >= 4 is 21.6 Å². The third-order valence-corrected chi connectivity index (χ3v) is 5.75. The Labute approximate surface area is 162 Å². The molecular formula is C21H28N2O3S. The summed E-state index contributed by atoms with van der Waals surface area (Å²) in [7, 11) is -3.57. The molecule has 0 bridgehead atoms. The highest BCUT2D eigenvalue weighted by molar-refractivity contribution is 7.88. The van der Waals surface area contributed by atoms with Crippen molar-refractivity contribution in [2.24, 2.45) is 0 Å². The summed E-state index contributed by atoms with van der Waals surface area (Å²) in [5.41, 5.74) is 2.40. The number of para-hydroxylation sites is 1. The molecule has 0 aliphatic rings. The maximum absolute atomic E-state index is 12.7. The average Bonchev–Trinajstić information content (AvgIpc) is 2.58. The Morgan fingerprint density at radius 1 is 1.04 bits per heavy atom. The first-order valence-corrected chi connectivity index (χ1v) is 10.8. The Morgan fingerprint density at radius 2 is 1.59 bits per heavy atom. The van der Waals surface area contributed by atoms with Gasteiger partial charge in [0.25, 0.3) is 0 Å². The van der Waals surface area contributed by atoms with E-state index in [-0.39, 0.29) is 17.9 Å². The molecule has 2 rings (SSSR count). The first-order valence-electron chi connectivity index (χ1n) is 8.91. The Bertz CT molecular complexity index is 887. The molecule has 0 aromatic heterocycles. The molecule has 0 spiro atoms. The quantitative estimate of drug-likeness (QED) is 0.815. The van der Waals surface area contributed by atoms with E-state index >= 15 is 0 Å². The zero-order chi connectivity index (χ0) is 20.2. The summed E-state index contributed by atoms with van der Waals surface area (Å²) in [4.78, 5) is 12.7. The van der Waals surface area contributed by atoms with Gasteiger partial charge in [-0.25, -0.2) is 8.42 Å². The van der Waals surface area contributed by atoms with Gasteiger partial charge < -0.3 is 5.32 Å². The molecule has 0 aliphatic heterocycles. The van der Waals surface area contributed by atoms with Gasteiger partial charge in [-0.05, 0) is 29.5 Å². The molecule has 5 nitrogen and oxygen atoms in total. The summed E-state index contributed by atoms with van der Waals surface area (Å²) >= 11 is 0. The number of anilines is 1. The van der Waals surface area contributed by atoms with Crippen molar-refractivity contribution in [3.8, 4) is 0 Å². The van der Waals surface area contributed by atoms with E-state index in [9.17, 15) is 13.2 Å². The number of benzene rings is 2. The topological polar surface area (TPSA) is 66.5 Å². The van der Waals surface area contributed by atoms with Crippen molar-refractivity contribution < 1.29 is 13.2 Å². The molecule has 0 aliphatic carbocycles. The van der Waals surface area contributed by atoms with Crippen LogP contribution in [0.4, 0.5) is 5.69 Å². The van der Waals surface area contributed by atoms with E-state index in [1.54, 1.807) is 6.92 Å². The van der Waals surface area contributed by atoms with Gasteiger partial charge in [-0.3, -0.25) is 4.79 Å². The minimum absolute atomic E-state index is 0.141. The van der Waals surface area contributed by atoms with E-state index in [1.807, 2.05) is 54.6 Å². The maximum atomic E-state index is 12.7. The molecule has 2 aromatic carbocycles. The van der Waals surface area contributed by atoms with E-state index in [1.165, 1.54) is 4.31 Å². The molecule has 1 N–H and O–H groups in total. The maximum Gasteiger partial charge on any atom is 0.239 e. The second kappa shape index (κ2) is 8.23. The molecule has 1 unspecified atom stereocenters. The van der Waals surface area contributed by atoms with Crippen LogP contribution in [0.3, 0.4) is 0 Å². The molecule has 146 valence electrons. The standard InChI is InChI=1S/C21H28N2O3S/c1-16(17-11-7-6-8-12-17)23(27(5,25)26)15-20(24)22-19-14-10-9-13-18(19)21(2,3)4/h6-14,16H,15H2,1-5H3,(H,22,24). The molecule has 0 heterocycles. The number of hydrogen-bond acceptors (Lipinski definition) is 3. The van der Waals surface area contributed by atoms with Crippen molar-refractivity contribution in [2.75, 3.05) is 18.1 Å². The zero-order valence-corrected chi connectivity index (χ0v) is 17.4. The van der Waals surface area contributed by atoms with Crippen LogP contribution in [0.2, 0.25) is 0 Å². The number of carbonyl (C=O) groups excluding carboxylic acids is 1. The molecule has 0 saturated heterocycles. The predicted molar refractivity (Wildman–Crippen MR) is 110 cm³/mol. The van der Waals surface area contributed by atoms with Crippen molar-refractivity contribution in [2.45, 2.75) is 39.2 Å². The van der Waals surface area contributed by atoms with Gasteiger partial charge in [0, 0.05) is 11.7 Å². The third-order valence-electron chi connectivity index (χ3n) is 4.45. The average molecular weight is 389 g/mol. The second-order valence-corrected chi connectivity index (χ2v) is 9.67. The first-order chi connectivity index (χ1) is 12.5. The van der Waals surface area contributed by atoms with E-state index in [0.717, 1.165) is 17.4 Å². The number of nitrogens with zero attached hydrogens (tertiary/aromatic N) is 1. The Hall–Kier alpha value is -2.18. The summed E-state index contributed by atoms with van der Waals surface area (Å²) in [6.45, 7) is 7.74. The van der Waals surface area contributed by atoms with Crippen molar-refractivity contribution in [3.63, 3.8) is 0 Å². The number of hydrogen-bond donors (Lipinski definition) is 1. The monoisotopic (exact) mass is 388 g/mol. The van der Waals surface area contributed by atoms with Crippen LogP contribution in [0.1, 0.15) is 44.9 Å². The fourth-order valence-corrected chi connectivity index (χ4v) is 4.06. The summed E-state index contributed by atoms with van der Waals surface area (Å²) < 4.78 is 25.8. The van der Waals surface area contributed by atoms with Crippen molar-refractivity contribution in [3.05, 3.63) is 65.7 Å². The van der Waals surface area contributed by atoms with Crippen LogP contribution < -0.4 is 5.32 Å². The van der Waals surface area contributed by atoms with Gasteiger partial charge >= 0.3 is 0 Å². The van der Waals surface area contributed by atoms with E-state index in [0.29, 0.717) is 5.69 Å². The molecule has 2 aromatic rings. The van der Waals surface area contributed by atoms with Crippen LogP contribution in [-0.2, 0) is 20.2 Å². The smallest absolute Gasteiger partial charge is 0.239 e. The lowest BCUT2D eigenvalue weighted by Crippen LogP contribution is -2.39. The largest absolute Gasteiger partial charge is 0.325 e. The van der Waals surface area contributed by atoms with Gasteiger partial charge in [0.15, 0.2) is 0 Å². The Morgan fingerprint density at radius 3 is 2.15 bits per heavy atom. The van der Waals surface area contributed by atoms with Crippen LogP contribution in [0.25, 0.3) is 0 Å². The molecule has 1 atom stereocenters. The lowest BCUT2D eigenvalue weighted by atomic mass is 9.86. The molecular weight excluding hydrogens is 360 g/mol. The molecule has 0 radical (unpaired) electrons. The van der Waals surface area contributed by atoms with Gasteiger partial charge in [-0.2, -0.15) is 4.31 Å².